The number of sulfonamides is 1. The minimum Gasteiger partial charge on any atom is -0.322 e. The van der Waals surface area contributed by atoms with E-state index < -0.39 is 15.9 Å². The van der Waals surface area contributed by atoms with Crippen LogP contribution in [0.3, 0.4) is 0 Å². The van der Waals surface area contributed by atoms with Crippen molar-refractivity contribution in [3.05, 3.63) is 59.7 Å². The molecule has 1 heterocycles. The molecule has 7 nitrogen and oxygen atoms in total. The van der Waals surface area contributed by atoms with E-state index in [1.165, 1.54) is 31.2 Å². The number of carbonyl (C=O) groups excluding carboxylic acids is 3. The third kappa shape index (κ3) is 3.50. The molecular formula is C18H16N2O5S. The molecule has 8 heteroatoms. The Bertz CT molecular complexity index is 979. The van der Waals surface area contributed by atoms with E-state index in [0.29, 0.717) is 16.8 Å². The lowest BCUT2D eigenvalue weighted by Crippen LogP contribution is -2.29. The molecule has 0 unspecified atom stereocenters. The van der Waals surface area contributed by atoms with Crippen molar-refractivity contribution in [1.82, 2.24) is 0 Å². The summed E-state index contributed by atoms with van der Waals surface area (Å²) in [5.41, 5.74) is 1.61. The third-order valence-corrected chi connectivity index (χ3v) is 5.68. The maximum absolute atomic E-state index is 12.3. The molecule has 1 saturated heterocycles. The van der Waals surface area contributed by atoms with Gasteiger partial charge in [0.05, 0.1) is 11.4 Å². The van der Waals surface area contributed by atoms with Crippen LogP contribution in [-0.2, 0) is 14.8 Å². The Kier molecular flexibility index (Phi) is 4.60. The molecule has 1 fully saturated rings. The van der Waals surface area contributed by atoms with Crippen LogP contribution >= 0.6 is 0 Å². The molecular weight excluding hydrogens is 356 g/mol. The van der Waals surface area contributed by atoms with E-state index in [0.717, 1.165) is 4.31 Å². The van der Waals surface area contributed by atoms with Crippen LogP contribution in [0.4, 0.5) is 11.4 Å². The van der Waals surface area contributed by atoms with Crippen LogP contribution in [0.1, 0.15) is 34.1 Å². The van der Waals surface area contributed by atoms with E-state index in [4.69, 9.17) is 0 Å². The summed E-state index contributed by atoms with van der Waals surface area (Å²) in [4.78, 5) is 35.3. The SMILES string of the molecule is CC(=O)c1ccc(NC(=O)c2ccc(N3C(=O)CCS3(=O)=O)cc2)cc1. The van der Waals surface area contributed by atoms with Crippen molar-refractivity contribution in [2.45, 2.75) is 13.3 Å². The molecule has 0 saturated carbocycles. The highest BCUT2D eigenvalue weighted by Gasteiger charge is 2.36. The largest absolute Gasteiger partial charge is 0.322 e. The zero-order valence-corrected chi connectivity index (χ0v) is 14.7. The zero-order chi connectivity index (χ0) is 18.9. The van der Waals surface area contributed by atoms with Gasteiger partial charge < -0.3 is 5.32 Å². The summed E-state index contributed by atoms with van der Waals surface area (Å²) in [6.07, 6.45) is -0.0408. The smallest absolute Gasteiger partial charge is 0.255 e. The first-order valence-corrected chi connectivity index (χ1v) is 9.47. The minimum atomic E-state index is -3.63. The first kappa shape index (κ1) is 17.8. The monoisotopic (exact) mass is 372 g/mol. The summed E-state index contributed by atoms with van der Waals surface area (Å²) in [5.74, 6) is -1.13. The zero-order valence-electron chi connectivity index (χ0n) is 13.9. The molecule has 0 radical (unpaired) electrons. The van der Waals surface area contributed by atoms with Crippen molar-refractivity contribution >= 4 is 39.0 Å². The summed E-state index contributed by atoms with van der Waals surface area (Å²) in [7, 11) is -3.63. The second kappa shape index (κ2) is 6.72. The maximum atomic E-state index is 12.3. The number of hydrogen-bond acceptors (Lipinski definition) is 5. The molecule has 1 aliphatic rings. The first-order chi connectivity index (χ1) is 12.3. The Morgan fingerprint density at radius 2 is 1.54 bits per heavy atom. The number of nitrogens with zero attached hydrogens (tertiary/aromatic N) is 1. The highest BCUT2D eigenvalue weighted by Crippen LogP contribution is 2.25. The second-order valence-electron chi connectivity index (χ2n) is 5.86. The molecule has 2 aromatic rings. The number of carbonyl (C=O) groups is 3. The fraction of sp³-hybridized carbons (Fsp3) is 0.167. The number of rotatable bonds is 4. The number of benzene rings is 2. The lowest BCUT2D eigenvalue weighted by molar-refractivity contribution is -0.116. The molecule has 1 N–H and O–H groups in total. The van der Waals surface area contributed by atoms with Gasteiger partial charge in [-0.15, -0.1) is 0 Å². The van der Waals surface area contributed by atoms with Crippen molar-refractivity contribution < 1.29 is 22.8 Å². The molecule has 2 aromatic carbocycles. The number of anilines is 2. The highest BCUT2D eigenvalue weighted by molar-refractivity contribution is 7.94. The number of amides is 2. The normalized spacial score (nSPS) is 15.7. The highest BCUT2D eigenvalue weighted by atomic mass is 32.2. The van der Waals surface area contributed by atoms with Crippen LogP contribution < -0.4 is 9.62 Å². The van der Waals surface area contributed by atoms with Gasteiger partial charge in [0.1, 0.15) is 0 Å². The van der Waals surface area contributed by atoms with Crippen LogP contribution in [0.15, 0.2) is 48.5 Å². The van der Waals surface area contributed by atoms with Crippen molar-refractivity contribution in [1.29, 1.82) is 0 Å². The van der Waals surface area contributed by atoms with Gasteiger partial charge >= 0.3 is 0 Å². The van der Waals surface area contributed by atoms with Crippen molar-refractivity contribution in [3.63, 3.8) is 0 Å². The van der Waals surface area contributed by atoms with Gasteiger partial charge in [0.25, 0.3) is 5.91 Å². The van der Waals surface area contributed by atoms with Gasteiger partial charge in [0.15, 0.2) is 5.78 Å². The van der Waals surface area contributed by atoms with E-state index >= 15 is 0 Å². The molecule has 134 valence electrons. The Morgan fingerprint density at radius 1 is 0.962 bits per heavy atom. The molecule has 3 rings (SSSR count). The lowest BCUT2D eigenvalue weighted by Gasteiger charge is -2.15. The van der Waals surface area contributed by atoms with Crippen LogP contribution in [0, 0.1) is 0 Å². The van der Waals surface area contributed by atoms with Gasteiger partial charge in [-0.2, -0.15) is 0 Å². The summed E-state index contributed by atoms with van der Waals surface area (Å²) in [5, 5.41) is 2.69. The van der Waals surface area contributed by atoms with E-state index in [-0.39, 0.29) is 29.6 Å². The first-order valence-electron chi connectivity index (χ1n) is 7.86. The molecule has 0 aromatic heterocycles. The maximum Gasteiger partial charge on any atom is 0.255 e. The Hall–Kier alpha value is -3.00. The van der Waals surface area contributed by atoms with E-state index in [2.05, 4.69) is 5.32 Å². The average Bonchev–Trinajstić information content (AvgIpc) is 2.88. The predicted octanol–water partition coefficient (Wildman–Crippen LogP) is 2.21. The van der Waals surface area contributed by atoms with Crippen LogP contribution in [0.2, 0.25) is 0 Å². The lowest BCUT2D eigenvalue weighted by atomic mass is 10.1. The molecule has 0 spiro atoms. The third-order valence-electron chi connectivity index (χ3n) is 3.99. The Labute approximate surface area is 150 Å². The van der Waals surface area contributed by atoms with Crippen LogP contribution in [0.25, 0.3) is 0 Å². The molecule has 1 aliphatic heterocycles. The average molecular weight is 372 g/mol. The van der Waals surface area contributed by atoms with Gasteiger partial charge in [0.2, 0.25) is 15.9 Å². The molecule has 0 aliphatic carbocycles. The van der Waals surface area contributed by atoms with Gasteiger partial charge in [-0.25, -0.2) is 12.7 Å². The molecule has 26 heavy (non-hydrogen) atoms. The Balaban J connectivity index is 1.75. The Morgan fingerprint density at radius 3 is 2.04 bits per heavy atom. The molecule has 0 atom stereocenters. The summed E-state index contributed by atoms with van der Waals surface area (Å²) < 4.78 is 24.6. The van der Waals surface area contributed by atoms with Crippen molar-refractivity contribution in [2.24, 2.45) is 0 Å². The minimum absolute atomic E-state index is 0.0408. The second-order valence-corrected chi connectivity index (χ2v) is 7.80. The van der Waals surface area contributed by atoms with E-state index in [9.17, 15) is 22.8 Å². The number of nitrogens with one attached hydrogen (secondary N) is 1. The van der Waals surface area contributed by atoms with E-state index in [1.807, 2.05) is 0 Å². The van der Waals surface area contributed by atoms with Crippen LogP contribution in [0.5, 0.6) is 0 Å². The summed E-state index contributed by atoms with van der Waals surface area (Å²) >= 11 is 0. The molecule has 2 amide bonds. The fourth-order valence-electron chi connectivity index (χ4n) is 2.61. The predicted molar refractivity (Wildman–Crippen MR) is 96.7 cm³/mol. The topological polar surface area (TPSA) is 101 Å². The van der Waals surface area contributed by atoms with E-state index in [1.54, 1.807) is 24.3 Å². The van der Waals surface area contributed by atoms with Gasteiger partial charge in [-0.3, -0.25) is 14.4 Å². The quantitative estimate of drug-likeness (QED) is 0.829. The standard InChI is InChI=1S/C18H16N2O5S/c1-12(21)13-2-6-15(7-3-13)19-18(23)14-4-8-16(9-5-14)20-17(22)10-11-26(20,24)25/h2-9H,10-11H2,1H3,(H,19,23). The van der Waals surface area contributed by atoms with Gasteiger partial charge in [-0.1, -0.05) is 0 Å². The summed E-state index contributed by atoms with van der Waals surface area (Å²) in [6.45, 7) is 1.46. The molecule has 0 bridgehead atoms. The van der Waals surface area contributed by atoms with Crippen LogP contribution in [-0.4, -0.2) is 31.8 Å². The number of Topliss-reactive ketones (excluding diaryl/α,β-unsaturated/α-hetero) is 1. The van der Waals surface area contributed by atoms with Crippen molar-refractivity contribution in [3.8, 4) is 0 Å². The van der Waals surface area contributed by atoms with Crippen molar-refractivity contribution in [2.75, 3.05) is 15.4 Å². The van der Waals surface area contributed by atoms with Gasteiger partial charge in [0, 0.05) is 23.2 Å². The van der Waals surface area contributed by atoms with Gasteiger partial charge in [-0.05, 0) is 55.5 Å². The fourth-order valence-corrected chi connectivity index (χ4v) is 4.07. The number of ketones is 1. The summed E-state index contributed by atoms with van der Waals surface area (Å²) in [6, 6.07) is 12.2. The number of hydrogen-bond donors (Lipinski definition) is 1.